The second kappa shape index (κ2) is 5.02. The number of benzene rings is 2. The first kappa shape index (κ1) is 13.0. The molecule has 1 nitrogen and oxygen atoms in total. The molecule has 0 radical (unpaired) electrons. The molecule has 0 N–H and O–H groups in total. The third-order valence-electron chi connectivity index (χ3n) is 2.81. The summed E-state index contributed by atoms with van der Waals surface area (Å²) in [4.78, 5) is 12.2. The zero-order valence-corrected chi connectivity index (χ0v) is 11.7. The molecule has 2 aromatic carbocycles. The van der Waals surface area contributed by atoms with Crippen molar-refractivity contribution in [1.82, 2.24) is 0 Å². The maximum absolute atomic E-state index is 12.8. The smallest absolute Gasteiger partial charge is 0.193 e. The summed E-state index contributed by atoms with van der Waals surface area (Å²) in [5.41, 5.74) is 3.15. The minimum Gasteiger partial charge on any atom is -0.289 e. The van der Waals surface area contributed by atoms with E-state index < -0.39 is 0 Å². The quantitative estimate of drug-likeness (QED) is 0.750. The molecule has 0 amide bonds. The van der Waals surface area contributed by atoms with Gasteiger partial charge in [-0.2, -0.15) is 0 Å². The van der Waals surface area contributed by atoms with Crippen molar-refractivity contribution in [3.05, 3.63) is 68.9 Å². The van der Waals surface area contributed by atoms with Gasteiger partial charge in [0.25, 0.3) is 0 Å². The van der Waals surface area contributed by atoms with Gasteiger partial charge in [-0.15, -0.1) is 0 Å². The molecule has 0 aromatic heterocycles. The molecule has 0 bridgehead atoms. The van der Waals surface area contributed by atoms with Crippen LogP contribution in [0.4, 0.5) is 4.39 Å². The van der Waals surface area contributed by atoms with Gasteiger partial charge in [-0.25, -0.2) is 4.39 Å². The number of hydrogen-bond acceptors (Lipinski definition) is 1. The van der Waals surface area contributed by atoms with E-state index in [2.05, 4.69) is 15.9 Å². The Morgan fingerprint density at radius 3 is 2.00 bits per heavy atom. The molecular formula is C15H12BrFO. The number of halogens is 2. The van der Waals surface area contributed by atoms with E-state index in [0.29, 0.717) is 11.1 Å². The molecule has 0 heterocycles. The Kier molecular flexibility index (Phi) is 3.62. The Labute approximate surface area is 114 Å². The van der Waals surface area contributed by atoms with Crippen LogP contribution < -0.4 is 0 Å². The molecule has 2 rings (SSSR count). The van der Waals surface area contributed by atoms with Gasteiger partial charge in [-0.1, -0.05) is 15.9 Å². The lowest BCUT2D eigenvalue weighted by Gasteiger charge is -2.07. The van der Waals surface area contributed by atoms with Crippen molar-refractivity contribution in [3.63, 3.8) is 0 Å². The van der Waals surface area contributed by atoms with Gasteiger partial charge in [0.05, 0.1) is 0 Å². The van der Waals surface area contributed by atoms with Gasteiger partial charge in [0.1, 0.15) is 5.82 Å². The molecule has 92 valence electrons. The summed E-state index contributed by atoms with van der Waals surface area (Å²) in [6.45, 7) is 3.89. The van der Waals surface area contributed by atoms with Gasteiger partial charge in [-0.05, 0) is 61.4 Å². The number of ketones is 1. The highest BCUT2D eigenvalue weighted by Gasteiger charge is 2.11. The van der Waals surface area contributed by atoms with Crippen LogP contribution in [0.3, 0.4) is 0 Å². The number of aryl methyl sites for hydroxylation is 2. The average molecular weight is 307 g/mol. The minimum absolute atomic E-state index is 0.0892. The summed E-state index contributed by atoms with van der Waals surface area (Å²) in [5, 5.41) is 0. The van der Waals surface area contributed by atoms with Gasteiger partial charge in [0.15, 0.2) is 5.78 Å². The van der Waals surface area contributed by atoms with Crippen LogP contribution in [0, 0.1) is 19.7 Å². The zero-order valence-electron chi connectivity index (χ0n) is 10.1. The van der Waals surface area contributed by atoms with Gasteiger partial charge in [0, 0.05) is 15.6 Å². The van der Waals surface area contributed by atoms with Crippen molar-refractivity contribution < 1.29 is 9.18 Å². The molecule has 0 atom stereocenters. The van der Waals surface area contributed by atoms with Crippen molar-refractivity contribution >= 4 is 21.7 Å². The summed E-state index contributed by atoms with van der Waals surface area (Å²) in [5.74, 6) is -0.427. The fourth-order valence-electron chi connectivity index (χ4n) is 1.84. The average Bonchev–Trinajstić information content (AvgIpc) is 2.35. The van der Waals surface area contributed by atoms with E-state index in [1.807, 2.05) is 26.0 Å². The molecule has 0 aliphatic carbocycles. The SMILES string of the molecule is Cc1cc(C(=O)c2ccc(F)cc2)cc(C)c1Br. The van der Waals surface area contributed by atoms with E-state index in [9.17, 15) is 9.18 Å². The van der Waals surface area contributed by atoms with Gasteiger partial charge >= 0.3 is 0 Å². The molecule has 0 saturated carbocycles. The van der Waals surface area contributed by atoms with Crippen molar-refractivity contribution in [2.45, 2.75) is 13.8 Å². The highest BCUT2D eigenvalue weighted by atomic mass is 79.9. The Hall–Kier alpha value is -1.48. The van der Waals surface area contributed by atoms with Crippen molar-refractivity contribution in [2.75, 3.05) is 0 Å². The molecule has 0 fully saturated rings. The zero-order chi connectivity index (χ0) is 13.3. The largest absolute Gasteiger partial charge is 0.289 e. The fraction of sp³-hybridized carbons (Fsp3) is 0.133. The highest BCUT2D eigenvalue weighted by Crippen LogP contribution is 2.23. The first-order valence-corrected chi connectivity index (χ1v) is 6.35. The van der Waals surface area contributed by atoms with Crippen molar-refractivity contribution in [2.24, 2.45) is 0 Å². The van der Waals surface area contributed by atoms with E-state index >= 15 is 0 Å². The van der Waals surface area contributed by atoms with Crippen LogP contribution in [-0.2, 0) is 0 Å². The predicted molar refractivity (Wildman–Crippen MR) is 73.4 cm³/mol. The van der Waals surface area contributed by atoms with Crippen molar-refractivity contribution in [3.8, 4) is 0 Å². The Bertz CT molecular complexity index is 579. The summed E-state index contributed by atoms with van der Waals surface area (Å²) in [6, 6.07) is 9.28. The van der Waals surface area contributed by atoms with Crippen LogP contribution in [0.15, 0.2) is 40.9 Å². The van der Waals surface area contributed by atoms with Gasteiger partial charge in [0.2, 0.25) is 0 Å². The lowest BCUT2D eigenvalue weighted by molar-refractivity contribution is 0.103. The Morgan fingerprint density at radius 2 is 1.50 bits per heavy atom. The molecule has 0 spiro atoms. The standard InChI is InChI=1S/C15H12BrFO/c1-9-7-12(8-10(2)14(9)16)15(18)11-3-5-13(17)6-4-11/h3-8H,1-2H3. The van der Waals surface area contributed by atoms with E-state index in [1.54, 1.807) is 0 Å². The van der Waals surface area contributed by atoms with E-state index in [-0.39, 0.29) is 11.6 Å². The summed E-state index contributed by atoms with van der Waals surface area (Å²) in [7, 11) is 0. The molecule has 2 aromatic rings. The molecule has 3 heteroatoms. The normalized spacial score (nSPS) is 10.4. The summed E-state index contributed by atoms with van der Waals surface area (Å²) >= 11 is 3.47. The van der Waals surface area contributed by atoms with E-state index in [1.165, 1.54) is 24.3 Å². The number of carbonyl (C=O) groups excluding carboxylic acids is 1. The number of hydrogen-bond donors (Lipinski definition) is 0. The van der Waals surface area contributed by atoms with Crippen LogP contribution in [0.25, 0.3) is 0 Å². The van der Waals surface area contributed by atoms with Crippen LogP contribution in [0.2, 0.25) is 0 Å². The number of carbonyl (C=O) groups is 1. The number of rotatable bonds is 2. The predicted octanol–water partition coefficient (Wildman–Crippen LogP) is 4.44. The molecule has 0 saturated heterocycles. The van der Waals surface area contributed by atoms with Crippen LogP contribution in [-0.4, -0.2) is 5.78 Å². The molecule has 18 heavy (non-hydrogen) atoms. The maximum atomic E-state index is 12.8. The maximum Gasteiger partial charge on any atom is 0.193 e. The summed E-state index contributed by atoms with van der Waals surface area (Å²) < 4.78 is 13.8. The topological polar surface area (TPSA) is 17.1 Å². The van der Waals surface area contributed by atoms with E-state index in [0.717, 1.165) is 15.6 Å². The third-order valence-corrected chi connectivity index (χ3v) is 4.06. The Balaban J connectivity index is 2.43. The first-order valence-electron chi connectivity index (χ1n) is 5.56. The van der Waals surface area contributed by atoms with Gasteiger partial charge < -0.3 is 0 Å². The molecular weight excluding hydrogens is 295 g/mol. The lowest BCUT2D eigenvalue weighted by Crippen LogP contribution is -2.02. The lowest BCUT2D eigenvalue weighted by atomic mass is 9.99. The second-order valence-electron chi connectivity index (χ2n) is 4.26. The molecule has 0 aliphatic heterocycles. The van der Waals surface area contributed by atoms with Gasteiger partial charge in [-0.3, -0.25) is 4.79 Å². The fourth-order valence-corrected chi connectivity index (χ4v) is 2.07. The first-order chi connectivity index (χ1) is 8.49. The van der Waals surface area contributed by atoms with Crippen LogP contribution >= 0.6 is 15.9 Å². The van der Waals surface area contributed by atoms with Crippen LogP contribution in [0.1, 0.15) is 27.0 Å². The monoisotopic (exact) mass is 306 g/mol. The minimum atomic E-state index is -0.338. The molecule has 0 unspecified atom stereocenters. The van der Waals surface area contributed by atoms with E-state index in [4.69, 9.17) is 0 Å². The third kappa shape index (κ3) is 2.51. The summed E-state index contributed by atoms with van der Waals surface area (Å²) in [6.07, 6.45) is 0. The van der Waals surface area contributed by atoms with Crippen molar-refractivity contribution in [1.29, 1.82) is 0 Å². The second-order valence-corrected chi connectivity index (χ2v) is 5.05. The van der Waals surface area contributed by atoms with Crippen LogP contribution in [0.5, 0.6) is 0 Å². The molecule has 0 aliphatic rings. The Morgan fingerprint density at radius 1 is 1.00 bits per heavy atom. The highest BCUT2D eigenvalue weighted by molar-refractivity contribution is 9.10.